The summed E-state index contributed by atoms with van der Waals surface area (Å²) in [6, 6.07) is 13.2. The molecule has 0 aliphatic rings. The standard InChI is InChI=1S/C16H19N3O2/c1-3-15(20)18-13-7-4-6-12(10-13)17-11-14-8-5-9-16(19-14)21-2/h4-10,17H,3,11H2,1-2H3,(H,18,20). The van der Waals surface area contributed by atoms with Gasteiger partial charge in [0.1, 0.15) is 0 Å². The van der Waals surface area contributed by atoms with Crippen molar-refractivity contribution in [1.29, 1.82) is 0 Å². The highest BCUT2D eigenvalue weighted by molar-refractivity contribution is 5.90. The van der Waals surface area contributed by atoms with E-state index in [4.69, 9.17) is 4.74 Å². The molecule has 0 radical (unpaired) electrons. The van der Waals surface area contributed by atoms with Crippen molar-refractivity contribution in [1.82, 2.24) is 4.98 Å². The minimum atomic E-state index is 0.00149. The van der Waals surface area contributed by atoms with Crippen LogP contribution in [0.4, 0.5) is 11.4 Å². The van der Waals surface area contributed by atoms with E-state index in [-0.39, 0.29) is 5.91 Å². The van der Waals surface area contributed by atoms with Crippen molar-refractivity contribution in [2.75, 3.05) is 17.7 Å². The number of benzene rings is 1. The number of methoxy groups -OCH3 is 1. The molecular formula is C16H19N3O2. The van der Waals surface area contributed by atoms with E-state index >= 15 is 0 Å². The summed E-state index contributed by atoms with van der Waals surface area (Å²) < 4.78 is 5.10. The third-order valence-corrected chi connectivity index (χ3v) is 2.93. The second-order valence-electron chi connectivity index (χ2n) is 4.51. The lowest BCUT2D eigenvalue weighted by Crippen LogP contribution is -2.09. The molecule has 0 saturated carbocycles. The number of aromatic nitrogens is 1. The van der Waals surface area contributed by atoms with Crippen molar-refractivity contribution in [3.8, 4) is 5.88 Å². The van der Waals surface area contributed by atoms with E-state index in [0.29, 0.717) is 18.8 Å². The second kappa shape index (κ2) is 7.28. The Morgan fingerprint density at radius 3 is 2.71 bits per heavy atom. The number of carbonyl (C=O) groups is 1. The third kappa shape index (κ3) is 4.49. The number of hydrogen-bond acceptors (Lipinski definition) is 4. The summed E-state index contributed by atoms with van der Waals surface area (Å²) in [4.78, 5) is 15.7. The van der Waals surface area contributed by atoms with Gasteiger partial charge in [-0.2, -0.15) is 0 Å². The number of rotatable bonds is 6. The van der Waals surface area contributed by atoms with Crippen molar-refractivity contribution in [2.24, 2.45) is 0 Å². The summed E-state index contributed by atoms with van der Waals surface area (Å²) in [7, 11) is 1.60. The van der Waals surface area contributed by atoms with Crippen molar-refractivity contribution in [3.05, 3.63) is 48.2 Å². The summed E-state index contributed by atoms with van der Waals surface area (Å²) >= 11 is 0. The topological polar surface area (TPSA) is 63.2 Å². The molecule has 1 heterocycles. The maximum Gasteiger partial charge on any atom is 0.224 e. The lowest BCUT2D eigenvalue weighted by atomic mass is 10.2. The van der Waals surface area contributed by atoms with Gasteiger partial charge >= 0.3 is 0 Å². The maximum absolute atomic E-state index is 11.4. The van der Waals surface area contributed by atoms with Gasteiger partial charge in [-0.15, -0.1) is 0 Å². The molecular weight excluding hydrogens is 266 g/mol. The predicted octanol–water partition coefficient (Wildman–Crippen LogP) is 3.05. The van der Waals surface area contributed by atoms with Gasteiger partial charge in [0.25, 0.3) is 0 Å². The fourth-order valence-corrected chi connectivity index (χ4v) is 1.82. The molecule has 0 aliphatic heterocycles. The van der Waals surface area contributed by atoms with Crippen LogP contribution in [0, 0.1) is 0 Å². The first-order chi connectivity index (χ1) is 10.2. The number of amides is 1. The van der Waals surface area contributed by atoms with Crippen LogP contribution in [0.5, 0.6) is 5.88 Å². The van der Waals surface area contributed by atoms with Crippen LogP contribution in [0.2, 0.25) is 0 Å². The zero-order valence-corrected chi connectivity index (χ0v) is 12.2. The van der Waals surface area contributed by atoms with E-state index in [1.54, 1.807) is 7.11 Å². The number of nitrogens with one attached hydrogen (secondary N) is 2. The van der Waals surface area contributed by atoms with Crippen LogP contribution in [-0.4, -0.2) is 18.0 Å². The van der Waals surface area contributed by atoms with E-state index in [2.05, 4.69) is 15.6 Å². The fraction of sp³-hybridized carbons (Fsp3) is 0.250. The molecule has 1 aromatic carbocycles. The Morgan fingerprint density at radius 2 is 1.95 bits per heavy atom. The van der Waals surface area contributed by atoms with E-state index in [1.165, 1.54) is 0 Å². The Kier molecular flexibility index (Phi) is 5.15. The molecule has 0 atom stereocenters. The van der Waals surface area contributed by atoms with Gasteiger partial charge in [-0.1, -0.05) is 19.1 Å². The van der Waals surface area contributed by atoms with Crippen molar-refractivity contribution in [2.45, 2.75) is 19.9 Å². The molecule has 5 nitrogen and oxygen atoms in total. The van der Waals surface area contributed by atoms with Crippen molar-refractivity contribution in [3.63, 3.8) is 0 Å². The molecule has 2 aromatic rings. The van der Waals surface area contributed by atoms with Crippen LogP contribution in [0.3, 0.4) is 0 Å². The van der Waals surface area contributed by atoms with Crippen LogP contribution in [0.1, 0.15) is 19.0 Å². The first kappa shape index (κ1) is 14.8. The first-order valence-electron chi connectivity index (χ1n) is 6.85. The Morgan fingerprint density at radius 1 is 1.19 bits per heavy atom. The lowest BCUT2D eigenvalue weighted by Gasteiger charge is -2.09. The van der Waals surface area contributed by atoms with Gasteiger partial charge in [-0.25, -0.2) is 4.98 Å². The number of nitrogens with zero attached hydrogens (tertiary/aromatic N) is 1. The number of hydrogen-bond donors (Lipinski definition) is 2. The highest BCUT2D eigenvalue weighted by Crippen LogP contribution is 2.16. The van der Waals surface area contributed by atoms with Gasteiger partial charge in [0.05, 0.1) is 19.3 Å². The third-order valence-electron chi connectivity index (χ3n) is 2.93. The van der Waals surface area contributed by atoms with Gasteiger partial charge in [0.15, 0.2) is 0 Å². The maximum atomic E-state index is 11.4. The van der Waals surface area contributed by atoms with Crippen LogP contribution < -0.4 is 15.4 Å². The van der Waals surface area contributed by atoms with E-state index in [9.17, 15) is 4.79 Å². The van der Waals surface area contributed by atoms with E-state index in [1.807, 2.05) is 49.4 Å². The van der Waals surface area contributed by atoms with E-state index < -0.39 is 0 Å². The largest absolute Gasteiger partial charge is 0.481 e. The molecule has 2 rings (SSSR count). The summed E-state index contributed by atoms with van der Waals surface area (Å²) in [6.45, 7) is 2.41. The Balaban J connectivity index is 1.99. The molecule has 2 N–H and O–H groups in total. The highest BCUT2D eigenvalue weighted by Gasteiger charge is 2.01. The van der Waals surface area contributed by atoms with Gasteiger partial charge in [0.2, 0.25) is 11.8 Å². The number of pyridine rings is 1. The van der Waals surface area contributed by atoms with E-state index in [0.717, 1.165) is 17.1 Å². The summed E-state index contributed by atoms with van der Waals surface area (Å²) in [5, 5.41) is 6.11. The zero-order chi connectivity index (χ0) is 15.1. The lowest BCUT2D eigenvalue weighted by molar-refractivity contribution is -0.115. The summed E-state index contributed by atoms with van der Waals surface area (Å²) in [5.41, 5.74) is 2.59. The fourth-order valence-electron chi connectivity index (χ4n) is 1.82. The number of anilines is 2. The average Bonchev–Trinajstić information content (AvgIpc) is 2.53. The second-order valence-corrected chi connectivity index (χ2v) is 4.51. The molecule has 0 spiro atoms. The van der Waals surface area contributed by atoms with Crippen LogP contribution >= 0.6 is 0 Å². The van der Waals surface area contributed by atoms with Crippen LogP contribution in [0.25, 0.3) is 0 Å². The molecule has 110 valence electrons. The van der Waals surface area contributed by atoms with Gasteiger partial charge in [-0.3, -0.25) is 4.79 Å². The number of ether oxygens (including phenoxy) is 1. The quantitative estimate of drug-likeness (QED) is 0.856. The Labute approximate surface area is 124 Å². The minimum absolute atomic E-state index is 0.00149. The zero-order valence-electron chi connectivity index (χ0n) is 12.2. The average molecular weight is 285 g/mol. The minimum Gasteiger partial charge on any atom is -0.481 e. The predicted molar refractivity (Wildman–Crippen MR) is 83.5 cm³/mol. The van der Waals surface area contributed by atoms with Crippen LogP contribution in [0.15, 0.2) is 42.5 Å². The smallest absolute Gasteiger partial charge is 0.224 e. The number of carbonyl (C=O) groups excluding carboxylic acids is 1. The van der Waals surface area contributed by atoms with Gasteiger partial charge in [0, 0.05) is 23.9 Å². The molecule has 0 saturated heterocycles. The van der Waals surface area contributed by atoms with Gasteiger partial charge in [-0.05, 0) is 24.3 Å². The molecule has 5 heteroatoms. The molecule has 1 amide bonds. The Bertz CT molecular complexity index is 614. The van der Waals surface area contributed by atoms with Crippen molar-refractivity contribution < 1.29 is 9.53 Å². The summed E-state index contributed by atoms with van der Waals surface area (Å²) in [5.74, 6) is 0.597. The highest BCUT2D eigenvalue weighted by atomic mass is 16.5. The normalized spacial score (nSPS) is 10.0. The Hall–Kier alpha value is -2.56. The molecule has 0 unspecified atom stereocenters. The molecule has 1 aromatic heterocycles. The molecule has 0 aliphatic carbocycles. The molecule has 0 bridgehead atoms. The van der Waals surface area contributed by atoms with Crippen molar-refractivity contribution >= 4 is 17.3 Å². The monoisotopic (exact) mass is 285 g/mol. The SMILES string of the molecule is CCC(=O)Nc1cccc(NCc2cccc(OC)n2)c1. The summed E-state index contributed by atoms with van der Waals surface area (Å²) in [6.07, 6.45) is 0.464. The first-order valence-corrected chi connectivity index (χ1v) is 6.85. The van der Waals surface area contributed by atoms with Crippen LogP contribution in [-0.2, 0) is 11.3 Å². The molecule has 0 fully saturated rings. The van der Waals surface area contributed by atoms with Gasteiger partial charge < -0.3 is 15.4 Å². The molecule has 21 heavy (non-hydrogen) atoms.